The van der Waals surface area contributed by atoms with Gasteiger partial charge in [-0.25, -0.2) is 23.1 Å². The van der Waals surface area contributed by atoms with E-state index in [0.717, 1.165) is 28.4 Å². The fourth-order valence-electron chi connectivity index (χ4n) is 2.33. The van der Waals surface area contributed by atoms with Crippen LogP contribution in [0.1, 0.15) is 5.76 Å². The Hall–Kier alpha value is -2.48. The zero-order chi connectivity index (χ0) is 19.2. The van der Waals surface area contributed by atoms with Gasteiger partial charge in [0.1, 0.15) is 5.75 Å². The maximum atomic E-state index is 8.49. The van der Waals surface area contributed by atoms with Crippen LogP contribution in [-0.4, -0.2) is 7.11 Å². The van der Waals surface area contributed by atoms with Crippen molar-refractivity contribution in [3.8, 4) is 28.2 Å². The molecule has 0 bridgehead atoms. The summed E-state index contributed by atoms with van der Waals surface area (Å²) >= 11 is 0. The molecular formula is C19H17ClO6. The molecule has 1 aromatic heterocycles. The third-order valence-electron chi connectivity index (χ3n) is 3.40. The molecule has 2 aromatic carbocycles. The van der Waals surface area contributed by atoms with Crippen molar-refractivity contribution >= 4 is 0 Å². The molecule has 26 heavy (non-hydrogen) atoms. The van der Waals surface area contributed by atoms with Crippen molar-refractivity contribution in [2.75, 3.05) is 7.11 Å². The lowest BCUT2D eigenvalue weighted by Crippen LogP contribution is -2.68. The number of halogens is 1. The molecule has 0 aliphatic heterocycles. The van der Waals surface area contributed by atoms with Gasteiger partial charge < -0.3 is 4.74 Å². The standard InChI is InChI=1S/C19H17O2.ClHO4/c1-14-12-17(15-6-4-3-5-7-15)13-19(21-14)16-8-10-18(20-2)11-9-16;2-1(3,4)5/h3-13H,1-2H3;(H,2,3,4,5)/q+1;/p-1. The Labute approximate surface area is 153 Å². The summed E-state index contributed by atoms with van der Waals surface area (Å²) in [5, 5.41) is 0. The van der Waals surface area contributed by atoms with Crippen LogP contribution in [0, 0.1) is 17.2 Å². The first-order valence-electron chi connectivity index (χ1n) is 7.52. The molecule has 0 saturated carbocycles. The second-order valence-electron chi connectivity index (χ2n) is 5.29. The van der Waals surface area contributed by atoms with Gasteiger partial charge in [0, 0.05) is 11.6 Å². The summed E-state index contributed by atoms with van der Waals surface area (Å²) in [7, 11) is -3.28. The van der Waals surface area contributed by atoms with Crippen molar-refractivity contribution in [2.45, 2.75) is 6.92 Å². The van der Waals surface area contributed by atoms with Gasteiger partial charge in [-0.1, -0.05) is 30.3 Å². The molecule has 0 amide bonds. The second-order valence-corrected chi connectivity index (χ2v) is 6.05. The fourth-order valence-corrected chi connectivity index (χ4v) is 2.33. The van der Waals surface area contributed by atoms with E-state index >= 15 is 0 Å². The summed E-state index contributed by atoms with van der Waals surface area (Å²) in [6, 6.07) is 22.3. The van der Waals surface area contributed by atoms with E-state index in [1.165, 1.54) is 5.56 Å². The number of rotatable bonds is 3. The van der Waals surface area contributed by atoms with Crippen molar-refractivity contribution in [1.82, 2.24) is 0 Å². The average molecular weight is 377 g/mol. The van der Waals surface area contributed by atoms with Crippen LogP contribution >= 0.6 is 0 Å². The summed E-state index contributed by atoms with van der Waals surface area (Å²) in [4.78, 5) is 0. The van der Waals surface area contributed by atoms with Gasteiger partial charge in [-0.15, -0.1) is 10.2 Å². The lowest BCUT2D eigenvalue weighted by Gasteiger charge is -2.17. The first kappa shape index (κ1) is 19.8. The highest BCUT2D eigenvalue weighted by atomic mass is 35.7. The Balaban J connectivity index is 0.000000431. The minimum atomic E-state index is -4.94. The third-order valence-corrected chi connectivity index (χ3v) is 3.40. The Morgan fingerprint density at radius 3 is 1.88 bits per heavy atom. The zero-order valence-corrected chi connectivity index (χ0v) is 14.9. The Kier molecular flexibility index (Phi) is 6.68. The van der Waals surface area contributed by atoms with Crippen molar-refractivity contribution in [3.63, 3.8) is 0 Å². The van der Waals surface area contributed by atoms with Crippen molar-refractivity contribution in [1.29, 1.82) is 0 Å². The molecule has 0 saturated heterocycles. The highest BCUT2D eigenvalue weighted by molar-refractivity contribution is 5.69. The second kappa shape index (κ2) is 8.75. The minimum absolute atomic E-state index is 0.842. The van der Waals surface area contributed by atoms with E-state index in [1.54, 1.807) is 7.11 Å². The third kappa shape index (κ3) is 6.44. The van der Waals surface area contributed by atoms with Gasteiger partial charge in [0.25, 0.3) is 0 Å². The summed E-state index contributed by atoms with van der Waals surface area (Å²) in [6.07, 6.45) is 0. The lowest BCUT2D eigenvalue weighted by molar-refractivity contribution is -2.00. The van der Waals surface area contributed by atoms with Crippen LogP contribution in [0.3, 0.4) is 0 Å². The maximum Gasteiger partial charge on any atom is 0.360 e. The van der Waals surface area contributed by atoms with E-state index in [1.807, 2.05) is 49.4 Å². The van der Waals surface area contributed by atoms with Gasteiger partial charge in [-0.05, 0) is 29.8 Å². The molecule has 136 valence electrons. The molecule has 0 fully saturated rings. The fraction of sp³-hybridized carbons (Fsp3) is 0.105. The molecule has 0 radical (unpaired) electrons. The summed E-state index contributed by atoms with van der Waals surface area (Å²) in [5.41, 5.74) is 3.38. The highest BCUT2D eigenvalue weighted by Crippen LogP contribution is 2.29. The normalized spacial score (nSPS) is 10.7. The SMILES string of the molecule is COc1ccc(-c2cc(-c3ccccc3)cc(C)[o+]2)cc1.[O-][Cl+3]([O-])([O-])[O-]. The molecule has 3 aromatic rings. The molecule has 0 aliphatic carbocycles. The number of ether oxygens (including phenoxy) is 1. The first-order valence-corrected chi connectivity index (χ1v) is 8.76. The molecule has 0 N–H and O–H groups in total. The highest BCUT2D eigenvalue weighted by Gasteiger charge is 2.16. The van der Waals surface area contributed by atoms with Crippen molar-refractivity contribution in [3.05, 3.63) is 72.5 Å². The number of hydrogen-bond acceptors (Lipinski definition) is 5. The molecule has 0 unspecified atom stereocenters. The van der Waals surface area contributed by atoms with Gasteiger partial charge >= 0.3 is 11.5 Å². The van der Waals surface area contributed by atoms with Crippen LogP contribution in [0.4, 0.5) is 0 Å². The molecule has 0 atom stereocenters. The molecule has 7 heteroatoms. The summed E-state index contributed by atoms with van der Waals surface area (Å²) in [6.45, 7) is 1.97. The van der Waals surface area contributed by atoms with E-state index < -0.39 is 10.2 Å². The quantitative estimate of drug-likeness (QED) is 0.613. The van der Waals surface area contributed by atoms with Gasteiger partial charge in [-0.2, -0.15) is 0 Å². The van der Waals surface area contributed by atoms with Crippen LogP contribution in [0.25, 0.3) is 22.5 Å². The van der Waals surface area contributed by atoms with Gasteiger partial charge in [0.05, 0.1) is 25.7 Å². The largest absolute Gasteiger partial charge is 0.497 e. The van der Waals surface area contributed by atoms with Crippen LogP contribution in [0.5, 0.6) is 5.75 Å². The molecule has 1 heterocycles. The molecule has 6 nitrogen and oxygen atoms in total. The van der Waals surface area contributed by atoms with E-state index in [-0.39, 0.29) is 0 Å². The van der Waals surface area contributed by atoms with Crippen molar-refractivity contribution < 1.29 is 38.0 Å². The first-order chi connectivity index (χ1) is 12.3. The molecule has 0 spiro atoms. The van der Waals surface area contributed by atoms with Crippen LogP contribution in [-0.2, 0) is 0 Å². The van der Waals surface area contributed by atoms with E-state index in [4.69, 9.17) is 27.8 Å². The van der Waals surface area contributed by atoms with Gasteiger partial charge in [-0.3, -0.25) is 0 Å². The predicted molar refractivity (Wildman–Crippen MR) is 85.3 cm³/mol. The zero-order valence-electron chi connectivity index (χ0n) is 14.2. The summed E-state index contributed by atoms with van der Waals surface area (Å²) < 4.78 is 45.0. The number of benzene rings is 2. The summed E-state index contributed by atoms with van der Waals surface area (Å²) in [5.74, 6) is 2.59. The van der Waals surface area contributed by atoms with Crippen molar-refractivity contribution in [2.24, 2.45) is 0 Å². The monoisotopic (exact) mass is 376 g/mol. The smallest absolute Gasteiger partial charge is 0.360 e. The minimum Gasteiger partial charge on any atom is -0.497 e. The predicted octanol–water partition coefficient (Wildman–Crippen LogP) is 0.456. The Morgan fingerprint density at radius 1 is 0.769 bits per heavy atom. The Morgan fingerprint density at radius 2 is 1.35 bits per heavy atom. The molecule has 3 rings (SSSR count). The van der Waals surface area contributed by atoms with Gasteiger partial charge in [0.2, 0.25) is 0 Å². The van der Waals surface area contributed by atoms with E-state index in [0.29, 0.717) is 0 Å². The average Bonchev–Trinajstić information content (AvgIpc) is 2.61. The number of hydrogen-bond donors (Lipinski definition) is 0. The maximum absolute atomic E-state index is 8.49. The van der Waals surface area contributed by atoms with Gasteiger partial charge in [0.15, 0.2) is 0 Å². The van der Waals surface area contributed by atoms with E-state index in [2.05, 4.69) is 24.3 Å². The van der Waals surface area contributed by atoms with E-state index in [9.17, 15) is 0 Å². The molecule has 0 aliphatic rings. The molecular weight excluding hydrogens is 360 g/mol. The lowest BCUT2D eigenvalue weighted by atomic mass is 10.0. The number of aryl methyl sites for hydroxylation is 1. The van der Waals surface area contributed by atoms with Crippen LogP contribution < -0.4 is 23.4 Å². The van der Waals surface area contributed by atoms with Crippen LogP contribution in [0.2, 0.25) is 0 Å². The topological polar surface area (TPSA) is 113 Å². The Bertz CT molecular complexity index is 823. The van der Waals surface area contributed by atoms with Crippen LogP contribution in [0.15, 0.2) is 71.1 Å². The number of methoxy groups -OCH3 is 1.